The van der Waals surface area contributed by atoms with Crippen LogP contribution >= 0.6 is 0 Å². The van der Waals surface area contributed by atoms with E-state index in [9.17, 15) is 4.79 Å². The summed E-state index contributed by atoms with van der Waals surface area (Å²) in [6.45, 7) is 2.52. The van der Waals surface area contributed by atoms with Gasteiger partial charge in [-0.25, -0.2) is 4.68 Å². The van der Waals surface area contributed by atoms with E-state index in [4.69, 9.17) is 4.74 Å². The van der Waals surface area contributed by atoms with Gasteiger partial charge in [0, 0.05) is 18.2 Å². The summed E-state index contributed by atoms with van der Waals surface area (Å²) in [5.74, 6) is 0.644. The highest BCUT2D eigenvalue weighted by Crippen LogP contribution is 2.35. The Hall–Kier alpha value is -2.92. The van der Waals surface area contributed by atoms with E-state index in [0.29, 0.717) is 12.2 Å². The number of methoxy groups -OCH3 is 1. The van der Waals surface area contributed by atoms with Crippen LogP contribution in [0.2, 0.25) is 0 Å². The van der Waals surface area contributed by atoms with Gasteiger partial charge in [0.15, 0.2) is 0 Å². The third-order valence-corrected chi connectivity index (χ3v) is 5.37. The number of ether oxygens (including phenoxy) is 1. The van der Waals surface area contributed by atoms with E-state index in [-0.39, 0.29) is 11.9 Å². The largest absolute Gasteiger partial charge is 0.380 e. The van der Waals surface area contributed by atoms with E-state index in [1.807, 2.05) is 42.1 Å². The molecule has 3 aromatic rings. The van der Waals surface area contributed by atoms with Crippen LogP contribution in [0.3, 0.4) is 0 Å². The van der Waals surface area contributed by atoms with Gasteiger partial charge in [0.1, 0.15) is 5.82 Å². The summed E-state index contributed by atoms with van der Waals surface area (Å²) in [5, 5.41) is 7.69. The maximum Gasteiger partial charge on any atom is 0.256 e. The highest BCUT2D eigenvalue weighted by atomic mass is 16.5. The highest BCUT2D eigenvalue weighted by molar-refractivity contribution is 6.04. The summed E-state index contributed by atoms with van der Waals surface area (Å²) in [6, 6.07) is 16.2. The molecular formula is C23H25N3O2. The molecule has 5 nitrogen and oxygen atoms in total. The molecule has 1 aliphatic carbocycles. The van der Waals surface area contributed by atoms with Crippen LogP contribution in [0.4, 0.5) is 5.82 Å². The molecule has 2 aromatic carbocycles. The van der Waals surface area contributed by atoms with Crippen molar-refractivity contribution in [1.82, 2.24) is 9.78 Å². The van der Waals surface area contributed by atoms with Crippen molar-refractivity contribution in [3.05, 3.63) is 82.5 Å². The summed E-state index contributed by atoms with van der Waals surface area (Å²) in [5.41, 5.74) is 5.30. The van der Waals surface area contributed by atoms with E-state index in [0.717, 1.165) is 36.2 Å². The summed E-state index contributed by atoms with van der Waals surface area (Å²) >= 11 is 0. The maximum atomic E-state index is 12.8. The summed E-state index contributed by atoms with van der Waals surface area (Å²) < 4.78 is 7.11. The molecule has 0 radical (unpaired) electrons. The van der Waals surface area contributed by atoms with Gasteiger partial charge in [-0.1, -0.05) is 36.4 Å². The number of aryl methyl sites for hydroxylation is 2. The first-order chi connectivity index (χ1) is 13.7. The van der Waals surface area contributed by atoms with Crippen molar-refractivity contribution in [3.8, 4) is 0 Å². The first-order valence-electron chi connectivity index (χ1n) is 9.68. The molecule has 1 amide bonds. The molecule has 0 fully saturated rings. The van der Waals surface area contributed by atoms with Gasteiger partial charge in [0.2, 0.25) is 0 Å². The number of aromatic nitrogens is 2. The number of carbonyl (C=O) groups excluding carboxylic acids is 1. The van der Waals surface area contributed by atoms with Crippen molar-refractivity contribution in [2.45, 2.75) is 38.8 Å². The fourth-order valence-corrected chi connectivity index (χ4v) is 3.92. The Bertz CT molecular complexity index is 976. The Kier molecular flexibility index (Phi) is 5.26. The smallest absolute Gasteiger partial charge is 0.256 e. The molecule has 1 aliphatic rings. The minimum Gasteiger partial charge on any atom is -0.380 e. The monoisotopic (exact) mass is 375 g/mol. The van der Waals surface area contributed by atoms with Crippen LogP contribution in [0.25, 0.3) is 0 Å². The number of benzene rings is 2. The van der Waals surface area contributed by atoms with E-state index < -0.39 is 0 Å². The molecule has 1 unspecified atom stereocenters. The zero-order chi connectivity index (χ0) is 19.5. The molecule has 28 heavy (non-hydrogen) atoms. The van der Waals surface area contributed by atoms with Gasteiger partial charge in [-0.05, 0) is 55.0 Å². The first-order valence-corrected chi connectivity index (χ1v) is 9.68. The van der Waals surface area contributed by atoms with Crippen molar-refractivity contribution in [2.75, 3.05) is 12.4 Å². The standard InChI is InChI=1S/C23H25N3O2/c1-16-14-24-26(21-9-5-7-18-6-3-4-8-20(18)21)22(16)25-23(27)19-12-10-17(11-13-19)15-28-2/h3-4,6,8,10-14,21H,5,7,9,15H2,1-2H3,(H,25,27). The number of hydrogen-bond donors (Lipinski definition) is 1. The molecule has 1 aromatic heterocycles. The van der Waals surface area contributed by atoms with Gasteiger partial charge in [-0.3, -0.25) is 4.79 Å². The van der Waals surface area contributed by atoms with Gasteiger partial charge < -0.3 is 10.1 Å². The molecule has 1 heterocycles. The van der Waals surface area contributed by atoms with E-state index in [1.54, 1.807) is 7.11 Å². The maximum absolute atomic E-state index is 12.8. The molecule has 0 saturated heterocycles. The highest BCUT2D eigenvalue weighted by Gasteiger charge is 2.25. The second kappa shape index (κ2) is 7.98. The van der Waals surface area contributed by atoms with Crippen molar-refractivity contribution < 1.29 is 9.53 Å². The van der Waals surface area contributed by atoms with Crippen molar-refractivity contribution in [3.63, 3.8) is 0 Å². The summed E-state index contributed by atoms with van der Waals surface area (Å²) in [7, 11) is 1.66. The lowest BCUT2D eigenvalue weighted by molar-refractivity contribution is 0.102. The molecule has 0 bridgehead atoms. The Morgan fingerprint density at radius 1 is 1.21 bits per heavy atom. The van der Waals surface area contributed by atoms with Crippen LogP contribution < -0.4 is 5.32 Å². The minimum absolute atomic E-state index is 0.127. The lowest BCUT2D eigenvalue weighted by atomic mass is 9.88. The van der Waals surface area contributed by atoms with E-state index >= 15 is 0 Å². The van der Waals surface area contributed by atoms with Crippen molar-refractivity contribution in [1.29, 1.82) is 0 Å². The van der Waals surface area contributed by atoms with Crippen molar-refractivity contribution >= 4 is 11.7 Å². The third kappa shape index (κ3) is 3.58. The molecule has 1 atom stereocenters. The number of fused-ring (bicyclic) bond motifs is 1. The Labute approximate surface area is 165 Å². The van der Waals surface area contributed by atoms with Gasteiger partial charge in [0.25, 0.3) is 5.91 Å². The zero-order valence-corrected chi connectivity index (χ0v) is 16.3. The number of rotatable bonds is 5. The Morgan fingerprint density at radius 3 is 2.79 bits per heavy atom. The number of nitrogens with one attached hydrogen (secondary N) is 1. The average Bonchev–Trinajstić information content (AvgIpc) is 3.08. The Balaban J connectivity index is 1.60. The van der Waals surface area contributed by atoms with Crippen LogP contribution in [0, 0.1) is 6.92 Å². The summed E-state index contributed by atoms with van der Waals surface area (Å²) in [4.78, 5) is 12.8. The van der Waals surface area contributed by atoms with Crippen LogP contribution in [0.15, 0.2) is 54.7 Å². The average molecular weight is 375 g/mol. The van der Waals surface area contributed by atoms with Crippen molar-refractivity contribution in [2.24, 2.45) is 0 Å². The number of amides is 1. The number of hydrogen-bond acceptors (Lipinski definition) is 3. The molecule has 144 valence electrons. The number of nitrogens with zero attached hydrogens (tertiary/aromatic N) is 2. The summed E-state index contributed by atoms with van der Waals surface area (Å²) in [6.07, 6.45) is 5.07. The second-order valence-electron chi connectivity index (χ2n) is 7.31. The fraction of sp³-hybridized carbons (Fsp3) is 0.304. The number of carbonyl (C=O) groups is 1. The molecule has 4 rings (SSSR count). The second-order valence-corrected chi connectivity index (χ2v) is 7.31. The predicted molar refractivity (Wildman–Crippen MR) is 110 cm³/mol. The first kappa shape index (κ1) is 18.4. The van der Waals surface area contributed by atoms with Gasteiger partial charge in [-0.2, -0.15) is 5.10 Å². The van der Waals surface area contributed by atoms with E-state index in [1.165, 1.54) is 11.1 Å². The quantitative estimate of drug-likeness (QED) is 0.713. The lowest BCUT2D eigenvalue weighted by Gasteiger charge is -2.27. The van der Waals surface area contributed by atoms with Gasteiger partial charge in [-0.15, -0.1) is 0 Å². The fourth-order valence-electron chi connectivity index (χ4n) is 3.92. The molecule has 5 heteroatoms. The van der Waals surface area contributed by atoms with Crippen LogP contribution in [0.1, 0.15) is 51.5 Å². The lowest BCUT2D eigenvalue weighted by Crippen LogP contribution is -2.22. The molecular weight excluding hydrogens is 350 g/mol. The molecule has 1 N–H and O–H groups in total. The minimum atomic E-state index is -0.127. The topological polar surface area (TPSA) is 56.1 Å². The van der Waals surface area contributed by atoms with E-state index in [2.05, 4.69) is 34.7 Å². The Morgan fingerprint density at radius 2 is 2.00 bits per heavy atom. The molecule has 0 spiro atoms. The molecule has 0 aliphatic heterocycles. The zero-order valence-electron chi connectivity index (χ0n) is 16.3. The number of anilines is 1. The van der Waals surface area contributed by atoms with Crippen LogP contribution in [-0.4, -0.2) is 22.8 Å². The predicted octanol–water partition coefficient (Wildman–Crippen LogP) is 4.52. The normalized spacial score (nSPS) is 15.9. The van der Waals surface area contributed by atoms with Crippen LogP contribution in [0.5, 0.6) is 0 Å². The van der Waals surface area contributed by atoms with Gasteiger partial charge in [0.05, 0.1) is 18.8 Å². The SMILES string of the molecule is COCc1ccc(C(=O)Nc2c(C)cnn2C2CCCc3ccccc32)cc1. The van der Waals surface area contributed by atoms with Crippen LogP contribution in [-0.2, 0) is 17.8 Å². The van der Waals surface area contributed by atoms with Gasteiger partial charge >= 0.3 is 0 Å². The third-order valence-electron chi connectivity index (χ3n) is 5.37. The molecule has 0 saturated carbocycles.